The van der Waals surface area contributed by atoms with Gasteiger partial charge in [0, 0.05) is 12.0 Å². The van der Waals surface area contributed by atoms with E-state index in [4.69, 9.17) is 21.7 Å². The Balaban J connectivity index is 1.68. The van der Waals surface area contributed by atoms with E-state index in [-0.39, 0.29) is 11.8 Å². The molecule has 0 radical (unpaired) electrons. The number of methoxy groups -OCH3 is 1. The molecule has 4 rings (SSSR count). The van der Waals surface area contributed by atoms with Gasteiger partial charge in [-0.25, -0.2) is 0 Å². The van der Waals surface area contributed by atoms with Gasteiger partial charge in [0.15, 0.2) is 6.17 Å². The number of nitrogens with one attached hydrogen (secondary N) is 2. The molecule has 2 aliphatic rings. The molecular formula is C24H29N2O2S+. The van der Waals surface area contributed by atoms with Gasteiger partial charge >= 0.3 is 0 Å². The molecule has 0 aromatic heterocycles. The molecule has 5 heteroatoms. The van der Waals surface area contributed by atoms with Crippen molar-refractivity contribution in [1.82, 2.24) is 5.32 Å². The number of hydrogen-bond donors (Lipinski definition) is 2. The average molecular weight is 410 g/mol. The first kappa shape index (κ1) is 20.1. The first-order chi connectivity index (χ1) is 14.0. The van der Waals surface area contributed by atoms with E-state index in [0.29, 0.717) is 6.61 Å². The van der Waals surface area contributed by atoms with Gasteiger partial charge in [-0.05, 0) is 43.7 Å². The second kappa shape index (κ2) is 8.27. The zero-order valence-electron chi connectivity index (χ0n) is 17.3. The predicted octanol–water partition coefficient (Wildman–Crippen LogP) is 3.21. The van der Waals surface area contributed by atoms with Crippen LogP contribution < -0.4 is 15.0 Å². The molecule has 0 fully saturated rings. The van der Waals surface area contributed by atoms with Crippen LogP contribution >= 0.6 is 12.2 Å². The molecule has 29 heavy (non-hydrogen) atoms. The number of quaternary nitrogens is 1. The van der Waals surface area contributed by atoms with Crippen LogP contribution in [0.5, 0.6) is 5.75 Å². The molecule has 2 aromatic carbocycles. The minimum Gasteiger partial charge on any atom is -0.497 e. The van der Waals surface area contributed by atoms with Crippen LogP contribution in [0.4, 0.5) is 0 Å². The van der Waals surface area contributed by atoms with E-state index >= 15 is 0 Å². The minimum absolute atomic E-state index is 0.0877. The summed E-state index contributed by atoms with van der Waals surface area (Å²) in [7, 11) is 1.70. The predicted molar refractivity (Wildman–Crippen MR) is 119 cm³/mol. The van der Waals surface area contributed by atoms with Crippen LogP contribution in [0.15, 0.2) is 65.9 Å². The second-order valence-electron chi connectivity index (χ2n) is 8.37. The molecule has 0 bridgehead atoms. The molecule has 0 saturated heterocycles. The third-order valence-corrected chi connectivity index (χ3v) is 6.20. The maximum absolute atomic E-state index is 6.07. The lowest BCUT2D eigenvalue weighted by molar-refractivity contribution is -0.900. The second-order valence-corrected chi connectivity index (χ2v) is 8.78. The molecule has 1 unspecified atom stereocenters. The highest BCUT2D eigenvalue weighted by molar-refractivity contribution is 7.80. The molecular weight excluding hydrogens is 380 g/mol. The first-order valence-corrected chi connectivity index (χ1v) is 10.6. The highest BCUT2D eigenvalue weighted by atomic mass is 32.1. The van der Waals surface area contributed by atoms with Crippen LogP contribution in [0.3, 0.4) is 0 Å². The summed E-state index contributed by atoms with van der Waals surface area (Å²) in [5.41, 5.74) is 4.95. The van der Waals surface area contributed by atoms with Gasteiger partial charge in [-0.15, -0.1) is 0 Å². The molecule has 2 N–H and O–H groups in total. The minimum atomic E-state index is -0.172. The molecule has 4 nitrogen and oxygen atoms in total. The topological polar surface area (TPSA) is 34.9 Å². The standard InChI is InChI=1S/C24H28N2O2S/c1-24(2)15-21-20(16-28-24)23(29)25-22(18-9-11-19(27-3)12-10-18)26(21)14-13-17-7-5-4-6-8-17/h4-12,22H,13-16H2,1-3H3,(H,25,29)/p+1/t22-/m0/s1. The lowest BCUT2D eigenvalue weighted by atomic mass is 9.92. The van der Waals surface area contributed by atoms with E-state index in [1.165, 1.54) is 21.7 Å². The van der Waals surface area contributed by atoms with Gasteiger partial charge in [0.05, 0.1) is 37.9 Å². The van der Waals surface area contributed by atoms with E-state index in [2.05, 4.69) is 61.6 Å². The van der Waals surface area contributed by atoms with Gasteiger partial charge in [-0.3, -0.25) is 4.90 Å². The van der Waals surface area contributed by atoms with Crippen molar-refractivity contribution in [2.75, 3.05) is 20.3 Å². The SMILES string of the molecule is COc1ccc([C@H]2NC(=S)C3=C(CC(C)(C)OC3)[NH+]2CCc2ccccc2)cc1. The average Bonchev–Trinajstić information content (AvgIpc) is 2.73. The number of rotatable bonds is 5. The fourth-order valence-electron chi connectivity index (χ4n) is 4.23. The normalized spacial score (nSPS) is 23.3. The van der Waals surface area contributed by atoms with Crippen molar-refractivity contribution < 1.29 is 14.4 Å². The van der Waals surface area contributed by atoms with Crippen molar-refractivity contribution in [3.63, 3.8) is 0 Å². The Morgan fingerprint density at radius 1 is 1.14 bits per heavy atom. The Labute approximate surface area is 178 Å². The van der Waals surface area contributed by atoms with Crippen molar-refractivity contribution in [2.45, 2.75) is 38.5 Å². The Kier molecular flexibility index (Phi) is 5.72. The molecule has 2 atom stereocenters. The Hall–Kier alpha value is -2.21. The highest BCUT2D eigenvalue weighted by Crippen LogP contribution is 2.29. The number of benzene rings is 2. The van der Waals surface area contributed by atoms with Crippen molar-refractivity contribution >= 4 is 17.2 Å². The van der Waals surface area contributed by atoms with E-state index in [9.17, 15) is 0 Å². The summed E-state index contributed by atoms with van der Waals surface area (Å²) in [5.74, 6) is 0.866. The van der Waals surface area contributed by atoms with E-state index in [0.717, 1.165) is 35.7 Å². The molecule has 0 spiro atoms. The van der Waals surface area contributed by atoms with Crippen LogP contribution in [0.2, 0.25) is 0 Å². The van der Waals surface area contributed by atoms with Crippen molar-refractivity contribution in [2.24, 2.45) is 0 Å². The summed E-state index contributed by atoms with van der Waals surface area (Å²) in [5, 5.41) is 3.60. The van der Waals surface area contributed by atoms with Crippen molar-refractivity contribution in [3.8, 4) is 5.75 Å². The van der Waals surface area contributed by atoms with Crippen LogP contribution in [0.1, 0.15) is 37.6 Å². The summed E-state index contributed by atoms with van der Waals surface area (Å²) >= 11 is 5.75. The van der Waals surface area contributed by atoms with E-state index < -0.39 is 0 Å². The Morgan fingerprint density at radius 3 is 2.55 bits per heavy atom. The summed E-state index contributed by atoms with van der Waals surface area (Å²) < 4.78 is 11.4. The molecule has 0 aliphatic carbocycles. The molecule has 0 amide bonds. The van der Waals surface area contributed by atoms with Crippen LogP contribution in [-0.2, 0) is 11.2 Å². The third-order valence-electron chi connectivity index (χ3n) is 5.83. The third kappa shape index (κ3) is 4.37. The molecule has 152 valence electrons. The van der Waals surface area contributed by atoms with E-state index in [1.807, 2.05) is 12.1 Å². The molecule has 2 aliphatic heterocycles. The monoisotopic (exact) mass is 409 g/mol. The lowest BCUT2D eigenvalue weighted by Crippen LogP contribution is -3.14. The quantitative estimate of drug-likeness (QED) is 0.744. The van der Waals surface area contributed by atoms with Crippen LogP contribution in [0, 0.1) is 0 Å². The fourth-order valence-corrected chi connectivity index (χ4v) is 4.53. The van der Waals surface area contributed by atoms with Crippen LogP contribution in [0.25, 0.3) is 0 Å². The summed E-state index contributed by atoms with van der Waals surface area (Å²) in [6, 6.07) is 19.0. The highest BCUT2D eigenvalue weighted by Gasteiger charge is 2.42. The Morgan fingerprint density at radius 2 is 1.86 bits per heavy atom. The number of hydrogen-bond acceptors (Lipinski definition) is 3. The van der Waals surface area contributed by atoms with Crippen molar-refractivity contribution in [3.05, 3.63) is 77.0 Å². The zero-order valence-corrected chi connectivity index (χ0v) is 18.1. The van der Waals surface area contributed by atoms with E-state index in [1.54, 1.807) is 7.11 Å². The molecule has 0 saturated carbocycles. The molecule has 2 aromatic rings. The number of thiocarbonyl (C=S) groups is 1. The Bertz CT molecular complexity index is 906. The maximum atomic E-state index is 6.07. The van der Waals surface area contributed by atoms with Gasteiger partial charge in [0.1, 0.15) is 16.4 Å². The summed E-state index contributed by atoms with van der Waals surface area (Å²) in [4.78, 5) is 2.25. The summed E-state index contributed by atoms with van der Waals surface area (Å²) in [6.07, 6.45) is 1.99. The van der Waals surface area contributed by atoms with Gasteiger partial charge in [-0.2, -0.15) is 0 Å². The van der Waals surface area contributed by atoms with Gasteiger partial charge in [0.25, 0.3) is 0 Å². The lowest BCUT2D eigenvalue weighted by Gasteiger charge is -2.42. The van der Waals surface area contributed by atoms with Gasteiger partial charge in [0.2, 0.25) is 0 Å². The largest absolute Gasteiger partial charge is 0.497 e. The van der Waals surface area contributed by atoms with Crippen molar-refractivity contribution in [1.29, 1.82) is 0 Å². The number of ether oxygens (including phenoxy) is 2. The first-order valence-electron chi connectivity index (χ1n) is 10.2. The fraction of sp³-hybridized carbons (Fsp3) is 0.375. The summed E-state index contributed by atoms with van der Waals surface area (Å²) in [6.45, 7) is 5.90. The van der Waals surface area contributed by atoms with Gasteiger partial charge in [-0.1, -0.05) is 42.5 Å². The smallest absolute Gasteiger partial charge is 0.192 e. The molecule has 2 heterocycles. The zero-order chi connectivity index (χ0) is 20.4. The maximum Gasteiger partial charge on any atom is 0.192 e. The van der Waals surface area contributed by atoms with Gasteiger partial charge < -0.3 is 14.8 Å². The van der Waals surface area contributed by atoms with Crippen LogP contribution in [-0.4, -0.2) is 30.9 Å².